The van der Waals surface area contributed by atoms with E-state index in [0.717, 1.165) is 19.5 Å². The van der Waals surface area contributed by atoms with E-state index in [-0.39, 0.29) is 6.04 Å². The van der Waals surface area contributed by atoms with Gasteiger partial charge in [-0.1, -0.05) is 13.0 Å². The highest BCUT2D eigenvalue weighted by atomic mass is 15.3. The summed E-state index contributed by atoms with van der Waals surface area (Å²) in [5.41, 5.74) is 7.06. The maximum Gasteiger partial charge on any atom is 0.192 e. The van der Waals surface area contributed by atoms with Gasteiger partial charge >= 0.3 is 0 Å². The van der Waals surface area contributed by atoms with Gasteiger partial charge in [-0.2, -0.15) is 0 Å². The Morgan fingerprint density at radius 1 is 1.65 bits per heavy atom. The quantitative estimate of drug-likeness (QED) is 0.776. The van der Waals surface area contributed by atoms with Crippen molar-refractivity contribution in [3.63, 3.8) is 0 Å². The van der Waals surface area contributed by atoms with Gasteiger partial charge in [0.2, 0.25) is 0 Å². The van der Waals surface area contributed by atoms with Crippen LogP contribution in [0.25, 0.3) is 0 Å². The topological polar surface area (TPSA) is 59.4 Å². The molecule has 0 radical (unpaired) electrons. The second-order valence-electron chi connectivity index (χ2n) is 4.17. The van der Waals surface area contributed by atoms with Gasteiger partial charge in [0, 0.05) is 13.1 Å². The summed E-state index contributed by atoms with van der Waals surface area (Å²) in [5.74, 6) is 0.596. The first-order valence-corrected chi connectivity index (χ1v) is 5.95. The van der Waals surface area contributed by atoms with Gasteiger partial charge in [-0.15, -0.1) is 6.58 Å². The summed E-state index contributed by atoms with van der Waals surface area (Å²) < 4.78 is 2.18. The van der Waals surface area contributed by atoms with Crippen molar-refractivity contribution in [2.75, 3.05) is 13.1 Å². The highest BCUT2D eigenvalue weighted by Crippen LogP contribution is 2.25. The Kier molecular flexibility index (Phi) is 3.46. The van der Waals surface area contributed by atoms with Crippen molar-refractivity contribution in [1.82, 2.24) is 14.5 Å². The third kappa shape index (κ3) is 2.18. The molecule has 0 bridgehead atoms. The van der Waals surface area contributed by atoms with E-state index in [9.17, 15) is 0 Å². The molecule has 2 rings (SSSR count). The zero-order valence-electron chi connectivity index (χ0n) is 10.2. The fourth-order valence-electron chi connectivity index (χ4n) is 2.18. The molecule has 0 saturated heterocycles. The van der Waals surface area contributed by atoms with E-state index in [0.29, 0.717) is 12.5 Å². The third-order valence-corrected chi connectivity index (χ3v) is 2.97. The lowest BCUT2D eigenvalue weighted by molar-refractivity contribution is 0.361. The summed E-state index contributed by atoms with van der Waals surface area (Å²) in [6, 6.07) is 0.196. The van der Waals surface area contributed by atoms with Gasteiger partial charge in [0.1, 0.15) is 0 Å². The summed E-state index contributed by atoms with van der Waals surface area (Å²) in [6.07, 6.45) is 6.72. The molecule has 0 amide bonds. The average molecular weight is 233 g/mol. The highest BCUT2D eigenvalue weighted by molar-refractivity contribution is 5.80. The van der Waals surface area contributed by atoms with Crippen molar-refractivity contribution in [2.45, 2.75) is 25.9 Å². The Balaban J connectivity index is 2.21. The van der Waals surface area contributed by atoms with Gasteiger partial charge in [-0.05, 0) is 6.42 Å². The normalized spacial score (nSPS) is 19.5. The Morgan fingerprint density at radius 2 is 2.47 bits per heavy atom. The van der Waals surface area contributed by atoms with Gasteiger partial charge in [-0.3, -0.25) is 4.99 Å². The number of nitrogens with two attached hydrogens (primary N) is 1. The first-order valence-electron chi connectivity index (χ1n) is 5.95. The predicted molar refractivity (Wildman–Crippen MR) is 68.7 cm³/mol. The molecule has 92 valence electrons. The summed E-state index contributed by atoms with van der Waals surface area (Å²) in [4.78, 5) is 10.6. The summed E-state index contributed by atoms with van der Waals surface area (Å²) in [5, 5.41) is 0. The van der Waals surface area contributed by atoms with E-state index in [1.54, 1.807) is 0 Å². The van der Waals surface area contributed by atoms with E-state index in [1.807, 2.05) is 18.6 Å². The van der Waals surface area contributed by atoms with Crippen LogP contribution < -0.4 is 5.73 Å². The molecule has 1 aliphatic rings. The largest absolute Gasteiger partial charge is 0.370 e. The molecule has 5 heteroatoms. The van der Waals surface area contributed by atoms with Crippen molar-refractivity contribution >= 4 is 5.96 Å². The predicted octanol–water partition coefficient (Wildman–Crippen LogP) is 1.15. The number of imidazole rings is 1. The fraction of sp³-hybridized carbons (Fsp3) is 0.500. The smallest absolute Gasteiger partial charge is 0.192 e. The molecular formula is C12H19N5. The van der Waals surface area contributed by atoms with Crippen LogP contribution in [-0.4, -0.2) is 33.5 Å². The SMILES string of the molecule is C=CCN1C(N)=NCC1c1cncn1CCC. The minimum atomic E-state index is 0.196. The van der Waals surface area contributed by atoms with Crippen LogP contribution in [-0.2, 0) is 6.54 Å². The Morgan fingerprint density at radius 3 is 3.18 bits per heavy atom. The van der Waals surface area contributed by atoms with Crippen LogP contribution in [0.1, 0.15) is 25.1 Å². The van der Waals surface area contributed by atoms with Crippen LogP contribution in [0.4, 0.5) is 0 Å². The molecule has 0 aromatic carbocycles. The van der Waals surface area contributed by atoms with Crippen LogP contribution in [0.5, 0.6) is 0 Å². The summed E-state index contributed by atoms with van der Waals surface area (Å²) in [6.45, 7) is 8.32. The van der Waals surface area contributed by atoms with E-state index >= 15 is 0 Å². The van der Waals surface area contributed by atoms with E-state index in [4.69, 9.17) is 5.73 Å². The second-order valence-corrected chi connectivity index (χ2v) is 4.17. The Hall–Kier alpha value is -1.78. The number of aromatic nitrogens is 2. The number of rotatable bonds is 5. The van der Waals surface area contributed by atoms with Gasteiger partial charge < -0.3 is 15.2 Å². The molecule has 0 aliphatic carbocycles. The molecule has 1 aromatic heterocycles. The number of aryl methyl sites for hydroxylation is 1. The molecule has 5 nitrogen and oxygen atoms in total. The number of hydrogen-bond donors (Lipinski definition) is 1. The van der Waals surface area contributed by atoms with E-state index in [1.165, 1.54) is 5.69 Å². The number of hydrogen-bond acceptors (Lipinski definition) is 4. The van der Waals surface area contributed by atoms with Crippen molar-refractivity contribution in [3.8, 4) is 0 Å². The van der Waals surface area contributed by atoms with E-state index in [2.05, 4.69) is 32.9 Å². The number of guanidine groups is 1. The standard InChI is InChI=1S/C12H19N5/c1-3-5-16-9-14-7-10(16)11-8-15-12(13)17(11)6-4-2/h4,7,9,11H,2-3,5-6,8H2,1H3,(H2,13,15). The molecule has 2 heterocycles. The van der Waals surface area contributed by atoms with Crippen LogP contribution in [0, 0.1) is 0 Å². The number of nitrogens with zero attached hydrogens (tertiary/aromatic N) is 4. The Bertz CT molecular complexity index is 420. The monoisotopic (exact) mass is 233 g/mol. The van der Waals surface area contributed by atoms with Crippen LogP contribution in [0.2, 0.25) is 0 Å². The molecule has 2 N–H and O–H groups in total. The second kappa shape index (κ2) is 5.03. The summed E-state index contributed by atoms with van der Waals surface area (Å²) >= 11 is 0. The zero-order valence-corrected chi connectivity index (χ0v) is 10.2. The van der Waals surface area contributed by atoms with Crippen molar-refractivity contribution in [2.24, 2.45) is 10.7 Å². The first kappa shape index (κ1) is 11.7. The molecule has 1 unspecified atom stereocenters. The Labute approximate surface area is 102 Å². The molecular weight excluding hydrogens is 214 g/mol. The lowest BCUT2D eigenvalue weighted by Gasteiger charge is -2.25. The lowest BCUT2D eigenvalue weighted by atomic mass is 10.2. The first-order chi connectivity index (χ1) is 8.27. The fourth-order valence-corrected chi connectivity index (χ4v) is 2.18. The minimum absolute atomic E-state index is 0.196. The van der Waals surface area contributed by atoms with Crippen LogP contribution in [0.3, 0.4) is 0 Å². The maximum atomic E-state index is 5.88. The molecule has 0 saturated carbocycles. The molecule has 17 heavy (non-hydrogen) atoms. The van der Waals surface area contributed by atoms with E-state index < -0.39 is 0 Å². The highest BCUT2D eigenvalue weighted by Gasteiger charge is 2.28. The minimum Gasteiger partial charge on any atom is -0.370 e. The molecule has 0 fully saturated rings. The van der Waals surface area contributed by atoms with Gasteiger partial charge in [-0.25, -0.2) is 4.98 Å². The molecule has 0 spiro atoms. The summed E-state index contributed by atoms with van der Waals surface area (Å²) in [7, 11) is 0. The third-order valence-electron chi connectivity index (χ3n) is 2.97. The zero-order chi connectivity index (χ0) is 12.3. The van der Waals surface area contributed by atoms with Crippen LogP contribution >= 0.6 is 0 Å². The average Bonchev–Trinajstić information content (AvgIpc) is 2.89. The number of aliphatic imine (C=N–C) groups is 1. The maximum absolute atomic E-state index is 5.88. The molecule has 1 atom stereocenters. The van der Waals surface area contributed by atoms with Crippen LogP contribution in [0.15, 0.2) is 30.2 Å². The van der Waals surface area contributed by atoms with Crippen molar-refractivity contribution in [3.05, 3.63) is 30.9 Å². The van der Waals surface area contributed by atoms with Gasteiger partial charge in [0.05, 0.1) is 30.8 Å². The lowest BCUT2D eigenvalue weighted by Crippen LogP contribution is -2.36. The molecule has 1 aromatic rings. The van der Waals surface area contributed by atoms with Crippen molar-refractivity contribution < 1.29 is 0 Å². The van der Waals surface area contributed by atoms with Gasteiger partial charge in [0.15, 0.2) is 5.96 Å². The van der Waals surface area contributed by atoms with Crippen molar-refractivity contribution in [1.29, 1.82) is 0 Å². The van der Waals surface area contributed by atoms with Gasteiger partial charge in [0.25, 0.3) is 0 Å². The molecule has 1 aliphatic heterocycles.